The Morgan fingerprint density at radius 2 is 2.03 bits per heavy atom. The van der Waals surface area contributed by atoms with Crippen LogP contribution in [0.5, 0.6) is 0 Å². The lowest BCUT2D eigenvalue weighted by atomic mass is 10.0. The van der Waals surface area contributed by atoms with Gasteiger partial charge in [-0.05, 0) is 44.6 Å². The second-order valence-corrected chi connectivity index (χ2v) is 7.75. The van der Waals surface area contributed by atoms with Gasteiger partial charge in [0.05, 0.1) is 28.9 Å². The van der Waals surface area contributed by atoms with Gasteiger partial charge < -0.3 is 9.72 Å². The van der Waals surface area contributed by atoms with E-state index in [1.54, 1.807) is 23.9 Å². The van der Waals surface area contributed by atoms with Crippen molar-refractivity contribution in [1.29, 1.82) is 0 Å². The minimum absolute atomic E-state index is 0.0171. The lowest BCUT2D eigenvalue weighted by molar-refractivity contribution is -0.113. The van der Waals surface area contributed by atoms with E-state index in [0.717, 1.165) is 28.1 Å². The van der Waals surface area contributed by atoms with E-state index in [1.807, 2.05) is 51.2 Å². The molecule has 0 aliphatic rings. The lowest BCUT2D eigenvalue weighted by Crippen LogP contribution is -2.04. The number of carbonyl (C=O) groups excluding carboxylic acids is 2. The monoisotopic (exact) mass is 443 g/mol. The number of hydrogen-bond donors (Lipinski definition) is 1. The molecule has 8 heteroatoms. The number of aromatic amines is 1. The summed E-state index contributed by atoms with van der Waals surface area (Å²) in [6.07, 6.45) is 6.69. The average molecular weight is 444 g/mol. The van der Waals surface area contributed by atoms with Gasteiger partial charge in [0.15, 0.2) is 5.78 Å². The third kappa shape index (κ3) is 4.45. The molecule has 4 rings (SSSR count). The van der Waals surface area contributed by atoms with Gasteiger partial charge in [-0.15, -0.1) is 0 Å². The first-order valence-electron chi connectivity index (χ1n) is 10.7. The van der Waals surface area contributed by atoms with Crippen molar-refractivity contribution in [2.24, 2.45) is 7.05 Å². The average Bonchev–Trinajstić information content (AvgIpc) is 3.33. The van der Waals surface area contributed by atoms with Gasteiger partial charge >= 0.3 is 5.97 Å². The second kappa shape index (κ2) is 9.20. The maximum atomic E-state index is 12.6. The molecule has 0 spiro atoms. The molecule has 0 unspecified atom stereocenters. The van der Waals surface area contributed by atoms with Gasteiger partial charge in [0.25, 0.3) is 0 Å². The van der Waals surface area contributed by atoms with Gasteiger partial charge in [0.2, 0.25) is 0 Å². The second-order valence-electron chi connectivity index (χ2n) is 7.75. The van der Waals surface area contributed by atoms with Crippen molar-refractivity contribution in [2.75, 3.05) is 6.61 Å². The molecule has 3 aromatic heterocycles. The number of nitrogens with one attached hydrogen (secondary N) is 1. The summed E-state index contributed by atoms with van der Waals surface area (Å²) in [5.41, 5.74) is 6.04. The van der Waals surface area contributed by atoms with Crippen LogP contribution >= 0.6 is 0 Å². The zero-order valence-electron chi connectivity index (χ0n) is 19.0. The van der Waals surface area contributed by atoms with Gasteiger partial charge in [0, 0.05) is 36.5 Å². The quantitative estimate of drug-likeness (QED) is 0.342. The van der Waals surface area contributed by atoms with Crippen molar-refractivity contribution < 1.29 is 14.3 Å². The van der Waals surface area contributed by atoms with Gasteiger partial charge in [-0.3, -0.25) is 9.48 Å². The number of aryl methyl sites for hydroxylation is 2. The molecule has 8 nitrogen and oxygen atoms in total. The Morgan fingerprint density at radius 1 is 1.21 bits per heavy atom. The summed E-state index contributed by atoms with van der Waals surface area (Å²) >= 11 is 0. The molecule has 0 saturated heterocycles. The van der Waals surface area contributed by atoms with Gasteiger partial charge in [-0.25, -0.2) is 14.8 Å². The van der Waals surface area contributed by atoms with E-state index in [-0.39, 0.29) is 18.8 Å². The summed E-state index contributed by atoms with van der Waals surface area (Å²) in [7, 11) is 1.88. The first-order valence-corrected chi connectivity index (χ1v) is 10.7. The Balaban J connectivity index is 1.62. The van der Waals surface area contributed by atoms with Crippen LogP contribution in [0.1, 0.15) is 39.8 Å². The normalized spacial score (nSPS) is 11.4. The molecule has 0 aliphatic heterocycles. The third-order valence-electron chi connectivity index (χ3n) is 5.54. The number of H-pyrrole nitrogens is 1. The molecule has 0 saturated carbocycles. The number of carbonyl (C=O) groups is 2. The lowest BCUT2D eigenvalue weighted by Gasteiger charge is -2.07. The molecule has 3 heterocycles. The van der Waals surface area contributed by atoms with Crippen molar-refractivity contribution in [3.8, 4) is 11.3 Å². The predicted molar refractivity (Wildman–Crippen MR) is 126 cm³/mol. The summed E-state index contributed by atoms with van der Waals surface area (Å²) in [6, 6.07) is 7.59. The number of ether oxygens (including phenoxy) is 1. The molecule has 0 amide bonds. The van der Waals surface area contributed by atoms with Crippen LogP contribution < -0.4 is 0 Å². The molecule has 4 aromatic rings. The Bertz CT molecular complexity index is 1380. The SMILES string of the molecule is CCOC(=O)c1c[nH]c2ncnc(-c3cccc(CC(=O)/C=C/c4c(C)nn(C)c4C)c3)c12. The number of fused-ring (bicyclic) bond motifs is 1. The Hall–Kier alpha value is -4.07. The van der Waals surface area contributed by atoms with Crippen LogP contribution in [-0.4, -0.2) is 43.1 Å². The zero-order valence-corrected chi connectivity index (χ0v) is 19.0. The van der Waals surface area contributed by atoms with Crippen LogP contribution in [0, 0.1) is 13.8 Å². The molecular formula is C25H25N5O3. The summed E-state index contributed by atoms with van der Waals surface area (Å²) < 4.78 is 6.97. The minimum atomic E-state index is -0.433. The van der Waals surface area contributed by atoms with Gasteiger partial charge in [-0.1, -0.05) is 18.2 Å². The molecule has 168 valence electrons. The number of benzene rings is 1. The number of hydrogen-bond acceptors (Lipinski definition) is 6. The predicted octanol–water partition coefficient (Wildman–Crippen LogP) is 3.98. The minimum Gasteiger partial charge on any atom is -0.462 e. The van der Waals surface area contributed by atoms with E-state index in [1.165, 1.54) is 6.33 Å². The van der Waals surface area contributed by atoms with E-state index in [0.29, 0.717) is 22.3 Å². The van der Waals surface area contributed by atoms with E-state index in [9.17, 15) is 9.59 Å². The van der Waals surface area contributed by atoms with Crippen LogP contribution in [0.2, 0.25) is 0 Å². The molecule has 0 aliphatic carbocycles. The first kappa shape index (κ1) is 22.1. The Morgan fingerprint density at radius 3 is 2.76 bits per heavy atom. The van der Waals surface area contributed by atoms with E-state index in [2.05, 4.69) is 20.1 Å². The number of aromatic nitrogens is 5. The number of nitrogens with zero attached hydrogens (tertiary/aromatic N) is 4. The maximum absolute atomic E-state index is 12.6. The summed E-state index contributed by atoms with van der Waals surface area (Å²) in [5.74, 6) is -0.450. The highest BCUT2D eigenvalue weighted by Gasteiger charge is 2.19. The topological polar surface area (TPSA) is 103 Å². The third-order valence-corrected chi connectivity index (χ3v) is 5.54. The van der Waals surface area contributed by atoms with Crippen LogP contribution in [0.4, 0.5) is 0 Å². The number of esters is 1. The van der Waals surface area contributed by atoms with E-state index in [4.69, 9.17) is 4.74 Å². The first-order chi connectivity index (χ1) is 15.9. The molecule has 0 fully saturated rings. The zero-order chi connectivity index (χ0) is 23.5. The molecule has 1 N–H and O–H groups in total. The van der Waals surface area contributed by atoms with Gasteiger partial charge in [-0.2, -0.15) is 5.10 Å². The summed E-state index contributed by atoms with van der Waals surface area (Å²) in [4.78, 5) is 36.7. The molecular weight excluding hydrogens is 418 g/mol. The van der Waals surface area contributed by atoms with Crippen molar-refractivity contribution in [1.82, 2.24) is 24.7 Å². The van der Waals surface area contributed by atoms with Crippen molar-refractivity contribution >= 4 is 28.9 Å². The maximum Gasteiger partial charge on any atom is 0.340 e. The van der Waals surface area contributed by atoms with Crippen molar-refractivity contribution in [3.63, 3.8) is 0 Å². The molecule has 0 atom stereocenters. The fourth-order valence-electron chi connectivity index (χ4n) is 3.85. The Labute approximate surface area is 191 Å². The Kier molecular flexibility index (Phi) is 6.17. The fourth-order valence-corrected chi connectivity index (χ4v) is 3.85. The van der Waals surface area contributed by atoms with Crippen molar-refractivity contribution in [2.45, 2.75) is 27.2 Å². The highest BCUT2D eigenvalue weighted by molar-refractivity contribution is 6.08. The van der Waals surface area contributed by atoms with Gasteiger partial charge in [0.1, 0.15) is 12.0 Å². The molecule has 33 heavy (non-hydrogen) atoms. The van der Waals surface area contributed by atoms with Crippen molar-refractivity contribution in [3.05, 3.63) is 70.9 Å². The van der Waals surface area contributed by atoms with Crippen LogP contribution in [0.3, 0.4) is 0 Å². The van der Waals surface area contributed by atoms with Crippen LogP contribution in [0.25, 0.3) is 28.4 Å². The largest absolute Gasteiger partial charge is 0.462 e. The number of rotatable bonds is 7. The highest BCUT2D eigenvalue weighted by Crippen LogP contribution is 2.29. The summed E-state index contributed by atoms with van der Waals surface area (Å²) in [5, 5.41) is 4.97. The number of ketones is 1. The smallest absolute Gasteiger partial charge is 0.340 e. The van der Waals surface area contributed by atoms with Crippen LogP contribution in [0.15, 0.2) is 42.9 Å². The van der Waals surface area contributed by atoms with E-state index < -0.39 is 5.97 Å². The summed E-state index contributed by atoms with van der Waals surface area (Å²) in [6.45, 7) is 5.93. The fraction of sp³-hybridized carbons (Fsp3) is 0.240. The standard InChI is InChI=1S/C25H25N5O3/c1-5-33-25(32)21-13-26-24-22(21)23(27-14-28-24)18-8-6-7-17(11-18)12-19(31)9-10-20-15(2)29-30(4)16(20)3/h6-11,13-14H,5,12H2,1-4H3,(H,26,27,28)/b10-9+. The highest BCUT2D eigenvalue weighted by atomic mass is 16.5. The van der Waals surface area contributed by atoms with Crippen LogP contribution in [-0.2, 0) is 23.0 Å². The molecule has 0 radical (unpaired) electrons. The molecule has 1 aromatic carbocycles. The number of allylic oxidation sites excluding steroid dienone is 1. The molecule has 0 bridgehead atoms. The van der Waals surface area contributed by atoms with E-state index >= 15 is 0 Å².